The molecule has 1 atom stereocenters. The molecule has 1 rings (SSSR count). The number of unbranched alkanes of at least 4 members (excludes halogenated alkanes) is 1. The summed E-state index contributed by atoms with van der Waals surface area (Å²) in [7, 11) is 0.918. The Morgan fingerprint density at radius 3 is 2.71 bits per heavy atom. The molecule has 0 saturated heterocycles. The molecule has 0 fully saturated rings. The summed E-state index contributed by atoms with van der Waals surface area (Å²) in [5.41, 5.74) is 1.31. The van der Waals surface area contributed by atoms with Crippen molar-refractivity contribution in [2.45, 2.75) is 38.1 Å². The van der Waals surface area contributed by atoms with Crippen molar-refractivity contribution in [2.75, 3.05) is 0 Å². The Bertz CT molecular complexity index is 271. The quantitative estimate of drug-likeness (QED) is 0.408. The summed E-state index contributed by atoms with van der Waals surface area (Å²) in [6.07, 6.45) is 2.61. The van der Waals surface area contributed by atoms with Gasteiger partial charge in [-0.3, -0.25) is 0 Å². The summed E-state index contributed by atoms with van der Waals surface area (Å²) in [5.74, 6) is 0. The molecule has 0 saturated carbocycles. The van der Waals surface area contributed by atoms with Crippen molar-refractivity contribution in [1.82, 2.24) is 0 Å². The van der Waals surface area contributed by atoms with Gasteiger partial charge in [-0.15, -0.1) is 11.6 Å². The number of rotatable bonds is 5. The second kappa shape index (κ2) is 6.26. The van der Waals surface area contributed by atoms with Crippen LogP contribution in [-0.2, 0) is 0 Å². The van der Waals surface area contributed by atoms with E-state index in [0.29, 0.717) is 0 Å². The van der Waals surface area contributed by atoms with Gasteiger partial charge in [-0.05, 0) is 12.5 Å². The van der Waals surface area contributed by atoms with Crippen molar-refractivity contribution in [2.24, 2.45) is 0 Å². The molecule has 0 aliphatic heterocycles. The number of hydrogen-bond acceptors (Lipinski definition) is 0. The van der Waals surface area contributed by atoms with Gasteiger partial charge in [-0.1, -0.05) is 55.3 Å². The minimum absolute atomic E-state index is 0.139. The first-order chi connectivity index (χ1) is 6.75. The Hall–Kier alpha value is -0.273. The van der Waals surface area contributed by atoms with Gasteiger partial charge in [-0.25, -0.2) is 0 Å². The monoisotopic (exact) mass is 224 g/mol. The predicted octanol–water partition coefficient (Wildman–Crippen LogP) is 3.53. The Morgan fingerprint density at radius 1 is 1.36 bits per heavy atom. The Kier molecular flexibility index (Phi) is 5.27. The van der Waals surface area contributed by atoms with Crippen LogP contribution in [0, 0.1) is 0 Å². The van der Waals surface area contributed by atoms with E-state index >= 15 is 0 Å². The smallest absolute Gasteiger partial charge is 0.0812 e. The average molecular weight is 225 g/mol. The van der Waals surface area contributed by atoms with Crippen LogP contribution in [0.4, 0.5) is 0 Å². The van der Waals surface area contributed by atoms with Crippen molar-refractivity contribution >= 4 is 26.3 Å². The molecular weight excluding hydrogens is 208 g/mol. The van der Waals surface area contributed by atoms with E-state index in [4.69, 9.17) is 11.6 Å². The molecule has 0 aliphatic carbocycles. The maximum absolute atomic E-state index is 6.13. The van der Waals surface area contributed by atoms with E-state index in [1.54, 1.807) is 0 Å². The van der Waals surface area contributed by atoms with Gasteiger partial charge < -0.3 is 0 Å². The first kappa shape index (κ1) is 11.8. The summed E-state index contributed by atoms with van der Waals surface area (Å²) in [6.45, 7) is 4.28. The van der Waals surface area contributed by atoms with Crippen molar-refractivity contribution in [3.05, 3.63) is 29.8 Å². The highest BCUT2D eigenvalue weighted by atomic mass is 35.5. The molecule has 0 aliphatic rings. The van der Waals surface area contributed by atoms with Crippen molar-refractivity contribution in [1.29, 1.82) is 0 Å². The van der Waals surface area contributed by atoms with Gasteiger partial charge in [0.2, 0.25) is 0 Å². The lowest BCUT2D eigenvalue weighted by Gasteiger charge is -2.09. The van der Waals surface area contributed by atoms with Gasteiger partial charge in [0.05, 0.1) is 14.9 Å². The van der Waals surface area contributed by atoms with Gasteiger partial charge >= 0.3 is 0 Å². The largest absolute Gasteiger partial charge is 0.118 e. The average Bonchev–Trinajstić information content (AvgIpc) is 2.19. The zero-order valence-electron chi connectivity index (χ0n) is 8.89. The van der Waals surface area contributed by atoms with Crippen LogP contribution in [0.15, 0.2) is 24.3 Å². The molecule has 0 nitrogen and oxygen atoms in total. The van der Waals surface area contributed by atoms with E-state index in [0.717, 1.165) is 9.52 Å². The van der Waals surface area contributed by atoms with Gasteiger partial charge in [0, 0.05) is 0 Å². The lowest BCUT2D eigenvalue weighted by atomic mass is 10.2. The van der Waals surface area contributed by atoms with E-state index in [9.17, 15) is 0 Å². The fourth-order valence-electron chi connectivity index (χ4n) is 1.40. The molecule has 76 valence electrons. The van der Waals surface area contributed by atoms with Gasteiger partial charge in [0.15, 0.2) is 0 Å². The van der Waals surface area contributed by atoms with E-state index < -0.39 is 0 Å². The van der Waals surface area contributed by atoms with E-state index in [1.165, 1.54) is 29.6 Å². The zero-order chi connectivity index (χ0) is 10.4. The fourth-order valence-corrected chi connectivity index (χ4v) is 3.20. The molecule has 0 heterocycles. The third-order valence-corrected chi connectivity index (χ3v) is 3.91. The van der Waals surface area contributed by atoms with Crippen LogP contribution >= 0.6 is 11.6 Å². The summed E-state index contributed by atoms with van der Waals surface area (Å²) in [6, 6.07) is 9.84. The lowest BCUT2D eigenvalue weighted by molar-refractivity contribution is 0.881. The van der Waals surface area contributed by atoms with Crippen LogP contribution < -0.4 is 5.19 Å². The molecule has 1 aromatic carbocycles. The molecule has 1 unspecified atom stereocenters. The molecule has 2 heteroatoms. The summed E-state index contributed by atoms with van der Waals surface area (Å²) >= 11 is 6.13. The minimum atomic E-state index is 0.139. The van der Waals surface area contributed by atoms with Crippen LogP contribution in [0.5, 0.6) is 0 Å². The third kappa shape index (κ3) is 3.47. The van der Waals surface area contributed by atoms with Crippen molar-refractivity contribution in [3.8, 4) is 0 Å². The summed E-state index contributed by atoms with van der Waals surface area (Å²) in [4.78, 5) is 0. The van der Waals surface area contributed by atoms with Crippen LogP contribution in [0.2, 0.25) is 6.04 Å². The lowest BCUT2D eigenvalue weighted by Crippen LogP contribution is -2.19. The molecular formula is C12H17ClSi. The molecule has 0 N–H and O–H groups in total. The van der Waals surface area contributed by atoms with Gasteiger partial charge in [0.1, 0.15) is 0 Å². The topological polar surface area (TPSA) is 0 Å². The molecule has 0 spiro atoms. The molecule has 0 bridgehead atoms. The fraction of sp³-hybridized carbons (Fsp3) is 0.500. The normalized spacial score (nSPS) is 12.8. The van der Waals surface area contributed by atoms with E-state index in [2.05, 4.69) is 31.2 Å². The van der Waals surface area contributed by atoms with E-state index in [1.807, 2.05) is 6.92 Å². The maximum Gasteiger partial charge on any atom is 0.0812 e. The predicted molar refractivity (Wildman–Crippen MR) is 65.8 cm³/mol. The Balaban J connectivity index is 2.64. The molecule has 0 aromatic heterocycles. The first-order valence-electron chi connectivity index (χ1n) is 5.22. The summed E-state index contributed by atoms with van der Waals surface area (Å²) < 4.78 is 0. The zero-order valence-corrected chi connectivity index (χ0v) is 10.6. The van der Waals surface area contributed by atoms with Crippen molar-refractivity contribution < 1.29 is 0 Å². The van der Waals surface area contributed by atoms with Crippen molar-refractivity contribution in [3.63, 3.8) is 0 Å². The highest BCUT2D eigenvalue weighted by Gasteiger charge is 2.06. The van der Waals surface area contributed by atoms with E-state index in [-0.39, 0.29) is 5.38 Å². The standard InChI is InChI=1S/C12H17ClSi/c1-3-4-9-14-12-8-6-5-7-11(12)10(2)13/h5-8,10H,3-4,9H2,1-2H3. The van der Waals surface area contributed by atoms with Gasteiger partial charge in [0.25, 0.3) is 0 Å². The minimum Gasteiger partial charge on any atom is -0.118 e. The first-order valence-corrected chi connectivity index (χ1v) is 6.87. The van der Waals surface area contributed by atoms with Gasteiger partial charge in [-0.2, -0.15) is 0 Å². The molecule has 0 amide bonds. The SMILES string of the molecule is CCCC[Si]c1ccccc1C(C)Cl. The molecule has 14 heavy (non-hydrogen) atoms. The van der Waals surface area contributed by atoms with Crippen LogP contribution in [0.3, 0.4) is 0 Å². The molecule has 2 radical (unpaired) electrons. The summed E-state index contributed by atoms with van der Waals surface area (Å²) in [5, 5.41) is 1.59. The van der Waals surface area contributed by atoms with Crippen LogP contribution in [0.1, 0.15) is 37.6 Å². The number of alkyl halides is 1. The number of hydrogen-bond donors (Lipinski definition) is 0. The Labute approximate surface area is 94.5 Å². The number of halogens is 1. The highest BCUT2D eigenvalue weighted by molar-refractivity contribution is 6.54. The maximum atomic E-state index is 6.13. The highest BCUT2D eigenvalue weighted by Crippen LogP contribution is 2.16. The Morgan fingerprint density at radius 2 is 2.07 bits per heavy atom. The second-order valence-electron chi connectivity index (χ2n) is 3.48. The van der Waals surface area contributed by atoms with Crippen LogP contribution in [-0.4, -0.2) is 9.52 Å². The van der Waals surface area contributed by atoms with Crippen LogP contribution in [0.25, 0.3) is 0 Å². The molecule has 1 aromatic rings. The second-order valence-corrected chi connectivity index (χ2v) is 5.53. The number of benzene rings is 1. The third-order valence-electron chi connectivity index (χ3n) is 2.24.